The first-order chi connectivity index (χ1) is 14.2. The SMILES string of the molecule is CCCCN(CC)CCC1CC(c2ccc(C3CC3)c(OCC)c2)CN1CC=O. The summed E-state index contributed by atoms with van der Waals surface area (Å²) in [5.74, 6) is 2.30. The molecule has 1 saturated heterocycles. The summed E-state index contributed by atoms with van der Waals surface area (Å²) in [7, 11) is 0. The third-order valence-corrected chi connectivity index (χ3v) is 6.72. The molecule has 1 aromatic rings. The minimum atomic E-state index is 0.498. The molecule has 4 heteroatoms. The van der Waals surface area contributed by atoms with Crippen LogP contribution in [-0.4, -0.2) is 61.5 Å². The van der Waals surface area contributed by atoms with E-state index in [1.807, 2.05) is 0 Å². The molecule has 29 heavy (non-hydrogen) atoms. The molecule has 2 atom stereocenters. The fourth-order valence-electron chi connectivity index (χ4n) is 4.80. The zero-order chi connectivity index (χ0) is 20.6. The van der Waals surface area contributed by atoms with Crippen LogP contribution in [0, 0.1) is 0 Å². The summed E-state index contributed by atoms with van der Waals surface area (Å²) in [5, 5.41) is 0. The van der Waals surface area contributed by atoms with Crippen molar-refractivity contribution in [2.24, 2.45) is 0 Å². The van der Waals surface area contributed by atoms with Gasteiger partial charge in [0, 0.05) is 12.6 Å². The normalized spacial score (nSPS) is 22.3. The Bertz CT molecular complexity index is 644. The number of rotatable bonds is 13. The first kappa shape index (κ1) is 22.3. The maximum Gasteiger partial charge on any atom is 0.133 e. The number of unbranched alkanes of at least 4 members (excludes halogenated alkanes) is 1. The Labute approximate surface area is 177 Å². The number of nitrogens with zero attached hydrogens (tertiary/aromatic N) is 2. The van der Waals surface area contributed by atoms with Crippen molar-refractivity contribution in [3.63, 3.8) is 0 Å². The molecule has 0 N–H and O–H groups in total. The van der Waals surface area contributed by atoms with Gasteiger partial charge in [-0.05, 0) is 87.7 Å². The highest BCUT2D eigenvalue weighted by Crippen LogP contribution is 2.45. The summed E-state index contributed by atoms with van der Waals surface area (Å²) in [5.41, 5.74) is 2.78. The maximum absolute atomic E-state index is 11.3. The van der Waals surface area contributed by atoms with Gasteiger partial charge in [-0.25, -0.2) is 0 Å². The minimum absolute atomic E-state index is 0.498. The van der Waals surface area contributed by atoms with Crippen molar-refractivity contribution >= 4 is 6.29 Å². The van der Waals surface area contributed by atoms with E-state index in [9.17, 15) is 4.79 Å². The lowest BCUT2D eigenvalue weighted by Gasteiger charge is -2.26. The van der Waals surface area contributed by atoms with E-state index in [4.69, 9.17) is 4.74 Å². The van der Waals surface area contributed by atoms with E-state index in [2.05, 4.69) is 48.8 Å². The number of ether oxygens (including phenoxy) is 1. The fraction of sp³-hybridized carbons (Fsp3) is 0.720. The van der Waals surface area contributed by atoms with E-state index in [0.29, 0.717) is 24.4 Å². The van der Waals surface area contributed by atoms with Crippen LogP contribution in [0.25, 0.3) is 0 Å². The van der Waals surface area contributed by atoms with Crippen molar-refractivity contribution in [1.29, 1.82) is 0 Å². The number of carbonyl (C=O) groups is 1. The third-order valence-electron chi connectivity index (χ3n) is 6.72. The predicted octanol–water partition coefficient (Wildman–Crippen LogP) is 4.83. The highest BCUT2D eigenvalue weighted by Gasteiger charge is 2.34. The van der Waals surface area contributed by atoms with Crippen molar-refractivity contribution in [1.82, 2.24) is 9.80 Å². The van der Waals surface area contributed by atoms with Gasteiger partial charge in [0.15, 0.2) is 0 Å². The van der Waals surface area contributed by atoms with Gasteiger partial charge in [0.25, 0.3) is 0 Å². The van der Waals surface area contributed by atoms with Crippen molar-refractivity contribution in [3.05, 3.63) is 29.3 Å². The van der Waals surface area contributed by atoms with Gasteiger partial charge in [-0.15, -0.1) is 0 Å². The smallest absolute Gasteiger partial charge is 0.133 e. The molecule has 1 aromatic carbocycles. The number of hydrogen-bond acceptors (Lipinski definition) is 4. The molecule has 0 spiro atoms. The third kappa shape index (κ3) is 6.05. The maximum atomic E-state index is 11.3. The van der Waals surface area contributed by atoms with Crippen LogP contribution in [0.1, 0.15) is 82.3 Å². The summed E-state index contributed by atoms with van der Waals surface area (Å²) in [6.07, 6.45) is 8.48. The average molecular weight is 401 g/mol. The Hall–Kier alpha value is -1.39. The molecular weight excluding hydrogens is 360 g/mol. The van der Waals surface area contributed by atoms with Gasteiger partial charge >= 0.3 is 0 Å². The second-order valence-corrected chi connectivity index (χ2v) is 8.79. The second-order valence-electron chi connectivity index (χ2n) is 8.79. The summed E-state index contributed by atoms with van der Waals surface area (Å²) in [6, 6.07) is 7.42. The number of benzene rings is 1. The Morgan fingerprint density at radius 1 is 1.17 bits per heavy atom. The average Bonchev–Trinajstić information content (AvgIpc) is 3.50. The number of carbonyl (C=O) groups excluding carboxylic acids is 1. The van der Waals surface area contributed by atoms with Gasteiger partial charge in [-0.3, -0.25) is 4.90 Å². The largest absolute Gasteiger partial charge is 0.494 e. The molecule has 1 heterocycles. The van der Waals surface area contributed by atoms with E-state index in [1.54, 1.807) is 0 Å². The predicted molar refractivity (Wildman–Crippen MR) is 120 cm³/mol. The van der Waals surface area contributed by atoms with E-state index in [0.717, 1.165) is 51.1 Å². The lowest BCUT2D eigenvalue weighted by Crippen LogP contribution is -2.35. The standard InChI is InChI=1S/C25H40N2O2/c1-4-7-13-26(5-2)14-12-23-17-22(19-27(23)15-16-28)21-10-11-24(20-8-9-20)25(18-21)29-6-3/h10-11,16,18,20,22-23H,4-9,12-15,17,19H2,1-3H3. The second kappa shape index (κ2) is 11.1. The molecular formula is C25H40N2O2. The van der Waals surface area contributed by atoms with Gasteiger partial charge in [0.1, 0.15) is 12.0 Å². The molecule has 2 aliphatic rings. The highest BCUT2D eigenvalue weighted by molar-refractivity contribution is 5.52. The summed E-state index contributed by atoms with van der Waals surface area (Å²) in [4.78, 5) is 16.2. The number of likely N-dealkylation sites (tertiary alicyclic amines) is 1. The zero-order valence-corrected chi connectivity index (χ0v) is 18.7. The first-order valence-electron chi connectivity index (χ1n) is 11.9. The van der Waals surface area contributed by atoms with Crippen molar-refractivity contribution in [2.45, 2.75) is 77.2 Å². The number of hydrogen-bond donors (Lipinski definition) is 0. The molecule has 162 valence electrons. The van der Waals surface area contributed by atoms with Crippen LogP contribution < -0.4 is 4.74 Å². The Morgan fingerprint density at radius 2 is 2.00 bits per heavy atom. The van der Waals surface area contributed by atoms with Crippen LogP contribution in [0.2, 0.25) is 0 Å². The highest BCUT2D eigenvalue weighted by atomic mass is 16.5. The topological polar surface area (TPSA) is 32.8 Å². The van der Waals surface area contributed by atoms with E-state index < -0.39 is 0 Å². The summed E-state index contributed by atoms with van der Waals surface area (Å²) < 4.78 is 5.99. The van der Waals surface area contributed by atoms with Gasteiger partial charge in [-0.2, -0.15) is 0 Å². The zero-order valence-electron chi connectivity index (χ0n) is 18.7. The lowest BCUT2D eigenvalue weighted by molar-refractivity contribution is -0.109. The van der Waals surface area contributed by atoms with Crippen LogP contribution in [0.15, 0.2) is 18.2 Å². The molecule has 0 bridgehead atoms. The molecule has 4 nitrogen and oxygen atoms in total. The van der Waals surface area contributed by atoms with Crippen molar-refractivity contribution < 1.29 is 9.53 Å². The molecule has 1 aliphatic heterocycles. The first-order valence-corrected chi connectivity index (χ1v) is 11.9. The van der Waals surface area contributed by atoms with Gasteiger partial charge in [0.2, 0.25) is 0 Å². The number of aldehydes is 1. The summed E-state index contributed by atoms with van der Waals surface area (Å²) in [6.45, 7) is 12.3. The van der Waals surface area contributed by atoms with Crippen LogP contribution in [-0.2, 0) is 4.79 Å². The molecule has 1 aliphatic carbocycles. The van der Waals surface area contributed by atoms with Crippen molar-refractivity contribution in [3.8, 4) is 5.75 Å². The molecule has 3 rings (SSSR count). The van der Waals surface area contributed by atoms with Gasteiger partial charge in [0.05, 0.1) is 13.2 Å². The lowest BCUT2D eigenvalue weighted by atomic mass is 9.93. The van der Waals surface area contributed by atoms with E-state index >= 15 is 0 Å². The fourth-order valence-corrected chi connectivity index (χ4v) is 4.80. The Kier molecular flexibility index (Phi) is 8.55. The quantitative estimate of drug-likeness (QED) is 0.444. The van der Waals surface area contributed by atoms with Gasteiger partial charge < -0.3 is 14.4 Å². The van der Waals surface area contributed by atoms with Gasteiger partial charge in [-0.1, -0.05) is 32.4 Å². The monoisotopic (exact) mass is 400 g/mol. The molecule has 0 amide bonds. The van der Waals surface area contributed by atoms with Crippen LogP contribution in [0.3, 0.4) is 0 Å². The molecule has 2 unspecified atom stereocenters. The Morgan fingerprint density at radius 3 is 2.66 bits per heavy atom. The molecule has 1 saturated carbocycles. The van der Waals surface area contributed by atoms with Crippen molar-refractivity contribution in [2.75, 3.05) is 39.3 Å². The Balaban J connectivity index is 1.66. The molecule has 0 aromatic heterocycles. The molecule has 2 fully saturated rings. The minimum Gasteiger partial charge on any atom is -0.494 e. The van der Waals surface area contributed by atoms with E-state index in [1.165, 1.54) is 43.4 Å². The van der Waals surface area contributed by atoms with Crippen LogP contribution in [0.4, 0.5) is 0 Å². The van der Waals surface area contributed by atoms with Crippen LogP contribution >= 0.6 is 0 Å². The summed E-state index contributed by atoms with van der Waals surface area (Å²) >= 11 is 0. The van der Waals surface area contributed by atoms with Crippen LogP contribution in [0.5, 0.6) is 5.75 Å². The van der Waals surface area contributed by atoms with E-state index in [-0.39, 0.29) is 0 Å². The molecule has 0 radical (unpaired) electrons.